The first-order chi connectivity index (χ1) is 16.5. The second-order valence-corrected chi connectivity index (χ2v) is 8.92. The molecular weight excluding hydrogens is 434 g/mol. The van der Waals surface area contributed by atoms with Crippen molar-refractivity contribution in [2.75, 3.05) is 31.6 Å². The standard InChI is InChI=1S/C24H27N7O3/c1-15-12-31-22(27-23(15)29-13-16(10-25)21(32)14-29)9-19(28-31)20-5-3-4-8-30(20)24(33)18-7-6-17(34-2)11-26-18/h6-7,9,11-12,16,20-21,32H,3-5,8,13-14H2,1-2H3/t16-,20+,21+/m1/s1. The number of hydrogen-bond donors (Lipinski definition) is 1. The van der Waals surface area contributed by atoms with E-state index < -0.39 is 12.0 Å². The van der Waals surface area contributed by atoms with Crippen LogP contribution >= 0.6 is 0 Å². The highest BCUT2D eigenvalue weighted by atomic mass is 16.5. The van der Waals surface area contributed by atoms with Gasteiger partial charge in [0.05, 0.1) is 43.1 Å². The van der Waals surface area contributed by atoms with E-state index in [0.29, 0.717) is 36.7 Å². The first-order valence-electron chi connectivity index (χ1n) is 11.5. The summed E-state index contributed by atoms with van der Waals surface area (Å²) < 4.78 is 6.89. The predicted octanol–water partition coefficient (Wildman–Crippen LogP) is 2.13. The van der Waals surface area contributed by atoms with Crippen LogP contribution in [0, 0.1) is 24.2 Å². The second-order valence-electron chi connectivity index (χ2n) is 8.92. The Labute approximate surface area is 197 Å². The van der Waals surface area contributed by atoms with Gasteiger partial charge in [-0.05, 0) is 38.3 Å². The van der Waals surface area contributed by atoms with Crippen molar-refractivity contribution in [1.29, 1.82) is 5.26 Å². The fraction of sp³-hybridized carbons (Fsp3) is 0.458. The number of carbonyl (C=O) groups excluding carboxylic acids is 1. The van der Waals surface area contributed by atoms with Crippen LogP contribution in [0.15, 0.2) is 30.6 Å². The van der Waals surface area contributed by atoms with Crippen molar-refractivity contribution in [3.8, 4) is 11.8 Å². The number of anilines is 1. The molecule has 0 bridgehead atoms. The van der Waals surface area contributed by atoms with E-state index in [0.717, 1.165) is 36.3 Å². The fourth-order valence-electron chi connectivity index (χ4n) is 4.85. The van der Waals surface area contributed by atoms with Crippen molar-refractivity contribution in [1.82, 2.24) is 24.5 Å². The Kier molecular flexibility index (Phi) is 5.79. The van der Waals surface area contributed by atoms with Crippen molar-refractivity contribution in [2.24, 2.45) is 5.92 Å². The largest absolute Gasteiger partial charge is 0.495 e. The monoisotopic (exact) mass is 461 g/mol. The number of β-amino-alcohol motifs (C(OH)–C–C–N with tert-alkyl or cyclic N) is 1. The molecule has 10 nitrogen and oxygen atoms in total. The quantitative estimate of drug-likeness (QED) is 0.627. The summed E-state index contributed by atoms with van der Waals surface area (Å²) in [7, 11) is 1.57. The molecule has 5 rings (SSSR count). The molecule has 0 spiro atoms. The number of piperidine rings is 1. The number of pyridine rings is 1. The van der Waals surface area contributed by atoms with E-state index in [9.17, 15) is 15.2 Å². The number of rotatable bonds is 4. The second kappa shape index (κ2) is 8.91. The van der Waals surface area contributed by atoms with Crippen LogP contribution in [-0.4, -0.2) is 68.3 Å². The van der Waals surface area contributed by atoms with Crippen LogP contribution in [0.5, 0.6) is 5.75 Å². The van der Waals surface area contributed by atoms with E-state index in [1.54, 1.807) is 30.0 Å². The van der Waals surface area contributed by atoms with Crippen molar-refractivity contribution >= 4 is 17.4 Å². The maximum atomic E-state index is 13.3. The number of aliphatic hydroxyl groups is 1. The molecule has 2 aliphatic heterocycles. The molecule has 3 aromatic rings. The number of aryl methyl sites for hydroxylation is 1. The summed E-state index contributed by atoms with van der Waals surface area (Å²) in [5.41, 5.74) is 2.76. The summed E-state index contributed by atoms with van der Waals surface area (Å²) in [5.74, 6) is 0.805. The summed E-state index contributed by atoms with van der Waals surface area (Å²) in [6, 6.07) is 7.36. The number of aromatic nitrogens is 4. The number of fused-ring (bicyclic) bond motifs is 1. The molecule has 176 valence electrons. The molecule has 0 aromatic carbocycles. The smallest absolute Gasteiger partial charge is 0.273 e. The number of ether oxygens (including phenoxy) is 1. The van der Waals surface area contributed by atoms with Gasteiger partial charge in [-0.2, -0.15) is 10.4 Å². The Balaban J connectivity index is 1.44. The summed E-state index contributed by atoms with van der Waals surface area (Å²) in [6.07, 6.45) is 5.54. The highest BCUT2D eigenvalue weighted by molar-refractivity contribution is 5.92. The van der Waals surface area contributed by atoms with E-state index in [1.165, 1.54) is 0 Å². The third kappa shape index (κ3) is 3.92. The number of methoxy groups -OCH3 is 1. The number of nitriles is 1. The molecule has 5 heterocycles. The molecule has 1 N–H and O–H groups in total. The number of carbonyl (C=O) groups is 1. The maximum absolute atomic E-state index is 13.3. The van der Waals surface area contributed by atoms with Crippen LogP contribution < -0.4 is 9.64 Å². The van der Waals surface area contributed by atoms with Crippen LogP contribution in [0.1, 0.15) is 47.1 Å². The summed E-state index contributed by atoms with van der Waals surface area (Å²) >= 11 is 0. The normalized spacial score (nSPS) is 22.7. The Morgan fingerprint density at radius 1 is 1.29 bits per heavy atom. The highest BCUT2D eigenvalue weighted by Gasteiger charge is 2.34. The maximum Gasteiger partial charge on any atom is 0.273 e. The van der Waals surface area contributed by atoms with Gasteiger partial charge in [0.2, 0.25) is 0 Å². The van der Waals surface area contributed by atoms with Crippen molar-refractivity contribution in [3.63, 3.8) is 0 Å². The minimum absolute atomic E-state index is 0.122. The fourth-order valence-corrected chi connectivity index (χ4v) is 4.85. The minimum atomic E-state index is -0.684. The van der Waals surface area contributed by atoms with Gasteiger partial charge in [-0.3, -0.25) is 4.79 Å². The van der Waals surface area contributed by atoms with Gasteiger partial charge < -0.3 is 19.6 Å². The van der Waals surface area contributed by atoms with Gasteiger partial charge in [-0.25, -0.2) is 14.5 Å². The first-order valence-corrected chi connectivity index (χ1v) is 11.5. The molecule has 2 aliphatic rings. The van der Waals surface area contributed by atoms with E-state index in [-0.39, 0.29) is 11.9 Å². The average Bonchev–Trinajstić information content (AvgIpc) is 3.45. The molecule has 0 radical (unpaired) electrons. The zero-order chi connectivity index (χ0) is 23.8. The van der Waals surface area contributed by atoms with Crippen LogP contribution in [0.4, 0.5) is 5.82 Å². The van der Waals surface area contributed by atoms with E-state index in [1.807, 2.05) is 29.0 Å². The van der Waals surface area contributed by atoms with Gasteiger partial charge in [0, 0.05) is 37.5 Å². The molecule has 3 aromatic heterocycles. The molecule has 2 saturated heterocycles. The van der Waals surface area contributed by atoms with Crippen molar-refractivity contribution < 1.29 is 14.6 Å². The van der Waals surface area contributed by atoms with Gasteiger partial charge in [0.15, 0.2) is 5.65 Å². The molecule has 1 amide bonds. The Morgan fingerprint density at radius 3 is 2.85 bits per heavy atom. The lowest BCUT2D eigenvalue weighted by molar-refractivity contribution is 0.0599. The lowest BCUT2D eigenvalue weighted by Gasteiger charge is -2.34. The predicted molar refractivity (Wildman–Crippen MR) is 123 cm³/mol. The Morgan fingerprint density at radius 2 is 2.15 bits per heavy atom. The van der Waals surface area contributed by atoms with E-state index >= 15 is 0 Å². The van der Waals surface area contributed by atoms with E-state index in [2.05, 4.69) is 11.1 Å². The number of aliphatic hydroxyl groups excluding tert-OH is 1. The summed E-state index contributed by atoms with van der Waals surface area (Å²) in [5, 5.41) is 24.2. The molecule has 2 fully saturated rings. The van der Waals surface area contributed by atoms with Gasteiger partial charge in [0.1, 0.15) is 17.3 Å². The topological polar surface area (TPSA) is 120 Å². The third-order valence-electron chi connectivity index (χ3n) is 6.67. The molecule has 0 saturated carbocycles. The lowest BCUT2D eigenvalue weighted by Crippen LogP contribution is -2.39. The van der Waals surface area contributed by atoms with Gasteiger partial charge in [-0.15, -0.1) is 0 Å². The lowest BCUT2D eigenvalue weighted by atomic mass is 9.99. The first kappa shape index (κ1) is 22.1. The van der Waals surface area contributed by atoms with Crippen LogP contribution in [0.3, 0.4) is 0 Å². The van der Waals surface area contributed by atoms with Crippen molar-refractivity contribution in [2.45, 2.75) is 38.3 Å². The molecular formula is C24H27N7O3. The Bertz CT molecular complexity index is 1250. The van der Waals surface area contributed by atoms with Gasteiger partial charge in [0.25, 0.3) is 5.91 Å². The van der Waals surface area contributed by atoms with Crippen LogP contribution in [-0.2, 0) is 0 Å². The molecule has 3 atom stereocenters. The molecule has 0 aliphatic carbocycles. The molecule has 0 unspecified atom stereocenters. The zero-order valence-corrected chi connectivity index (χ0v) is 19.3. The van der Waals surface area contributed by atoms with Crippen LogP contribution in [0.2, 0.25) is 0 Å². The number of likely N-dealkylation sites (tertiary alicyclic amines) is 1. The number of amides is 1. The zero-order valence-electron chi connectivity index (χ0n) is 19.3. The van der Waals surface area contributed by atoms with Crippen LogP contribution in [0.25, 0.3) is 5.65 Å². The Hall–Kier alpha value is -3.71. The number of hydrogen-bond acceptors (Lipinski definition) is 8. The highest BCUT2D eigenvalue weighted by Crippen LogP contribution is 2.33. The average molecular weight is 462 g/mol. The third-order valence-corrected chi connectivity index (χ3v) is 6.67. The molecule has 10 heteroatoms. The van der Waals surface area contributed by atoms with E-state index in [4.69, 9.17) is 14.8 Å². The number of nitrogens with zero attached hydrogens (tertiary/aromatic N) is 7. The summed E-state index contributed by atoms with van der Waals surface area (Å²) in [6.45, 7) is 3.41. The SMILES string of the molecule is COc1ccc(C(=O)N2CCCC[C@H]2c2cc3nc(N4C[C@@H](C#N)[C@@H](O)C4)c(C)cn3n2)nc1. The van der Waals surface area contributed by atoms with Gasteiger partial charge >= 0.3 is 0 Å². The summed E-state index contributed by atoms with van der Waals surface area (Å²) in [4.78, 5) is 26.2. The molecule has 34 heavy (non-hydrogen) atoms. The minimum Gasteiger partial charge on any atom is -0.495 e. The van der Waals surface area contributed by atoms with Crippen molar-refractivity contribution in [3.05, 3.63) is 47.5 Å². The van der Waals surface area contributed by atoms with Gasteiger partial charge in [-0.1, -0.05) is 0 Å².